The Morgan fingerprint density at radius 2 is 1.25 bits per heavy atom. The molecule has 0 saturated heterocycles. The van der Waals surface area contributed by atoms with E-state index < -0.39 is 20.5 Å². The van der Waals surface area contributed by atoms with Gasteiger partial charge in [-0.2, -0.15) is 0 Å². The number of carbonyl (C=O) groups is 2. The summed E-state index contributed by atoms with van der Waals surface area (Å²) in [5.74, 6) is 1.32. The van der Waals surface area contributed by atoms with Crippen molar-refractivity contribution in [1.82, 2.24) is 0 Å². The molecule has 0 aromatic heterocycles. The molecular formula is C17H34N2O4Si. The van der Waals surface area contributed by atoms with Crippen molar-refractivity contribution in [2.45, 2.75) is 73.0 Å². The number of rotatable bonds is 9. The molecule has 0 bridgehead atoms. The van der Waals surface area contributed by atoms with Crippen LogP contribution < -0.4 is 0 Å². The van der Waals surface area contributed by atoms with E-state index >= 15 is 0 Å². The topological polar surface area (TPSA) is 77.3 Å². The van der Waals surface area contributed by atoms with E-state index in [4.69, 9.17) is 9.16 Å². The van der Waals surface area contributed by atoms with Gasteiger partial charge in [0.1, 0.15) is 0 Å². The van der Waals surface area contributed by atoms with Crippen LogP contribution in [0.2, 0.25) is 18.1 Å². The van der Waals surface area contributed by atoms with E-state index in [-0.39, 0.29) is 6.61 Å². The lowest BCUT2D eigenvalue weighted by Gasteiger charge is -2.34. The fraction of sp³-hybridized carbons (Fsp3) is 0.882. The van der Waals surface area contributed by atoms with Gasteiger partial charge in [-0.05, 0) is 42.3 Å². The van der Waals surface area contributed by atoms with E-state index in [9.17, 15) is 9.59 Å². The number of ether oxygens (including phenoxy) is 1. The fourth-order valence-electron chi connectivity index (χ4n) is 3.11. The van der Waals surface area contributed by atoms with Gasteiger partial charge in [-0.15, -0.1) is 0 Å². The lowest BCUT2D eigenvalue weighted by molar-refractivity contribution is 0.154. The minimum atomic E-state index is -2.30. The SMILES string of the molecule is CCCOC(=O)N=NC(=O)O[Si](CC(C)C)(CC(C)C)CC(C)C. The second-order valence-corrected chi connectivity index (χ2v) is 11.5. The van der Waals surface area contributed by atoms with E-state index in [1.54, 1.807) is 0 Å². The zero-order valence-electron chi connectivity index (χ0n) is 16.3. The highest BCUT2D eigenvalue weighted by Gasteiger charge is 2.40. The lowest BCUT2D eigenvalue weighted by Crippen LogP contribution is -2.43. The molecule has 0 aromatic rings. The van der Waals surface area contributed by atoms with Gasteiger partial charge in [0, 0.05) is 0 Å². The lowest BCUT2D eigenvalue weighted by atomic mass is 10.2. The molecule has 0 aromatic carbocycles. The molecule has 6 nitrogen and oxygen atoms in total. The van der Waals surface area contributed by atoms with E-state index in [0.717, 1.165) is 18.1 Å². The number of amides is 2. The Labute approximate surface area is 147 Å². The summed E-state index contributed by atoms with van der Waals surface area (Å²) in [4.78, 5) is 23.5. The Kier molecular flexibility index (Phi) is 10.7. The maximum Gasteiger partial charge on any atom is 0.452 e. The van der Waals surface area contributed by atoms with Gasteiger partial charge in [0.15, 0.2) is 0 Å². The Hall–Kier alpha value is -1.24. The highest BCUT2D eigenvalue weighted by atomic mass is 28.4. The summed E-state index contributed by atoms with van der Waals surface area (Å²) in [6.45, 7) is 15.0. The second kappa shape index (κ2) is 11.3. The molecule has 24 heavy (non-hydrogen) atoms. The molecular weight excluding hydrogens is 324 g/mol. The number of hydrogen-bond donors (Lipinski definition) is 0. The molecule has 0 saturated carbocycles. The Morgan fingerprint density at radius 3 is 1.62 bits per heavy atom. The van der Waals surface area contributed by atoms with Crippen LogP contribution in [0, 0.1) is 17.8 Å². The molecule has 0 aliphatic carbocycles. The molecule has 0 rings (SSSR count). The second-order valence-electron chi connectivity index (χ2n) is 7.66. The average molecular weight is 359 g/mol. The van der Waals surface area contributed by atoms with Crippen LogP contribution in [0.3, 0.4) is 0 Å². The zero-order chi connectivity index (χ0) is 18.8. The molecule has 0 aliphatic heterocycles. The molecule has 0 heterocycles. The molecule has 0 unspecified atom stereocenters. The van der Waals surface area contributed by atoms with Gasteiger partial charge in [0.2, 0.25) is 0 Å². The van der Waals surface area contributed by atoms with Crippen molar-refractivity contribution in [2.24, 2.45) is 28.0 Å². The van der Waals surface area contributed by atoms with Crippen molar-refractivity contribution >= 4 is 20.5 Å². The van der Waals surface area contributed by atoms with Gasteiger partial charge in [0.05, 0.1) is 6.61 Å². The summed E-state index contributed by atoms with van der Waals surface area (Å²) >= 11 is 0. The largest absolute Gasteiger partial charge is 0.501 e. The summed E-state index contributed by atoms with van der Waals surface area (Å²) in [6, 6.07) is 2.68. The molecule has 0 atom stereocenters. The Bertz CT molecular complexity index is 396. The third-order valence-corrected chi connectivity index (χ3v) is 8.58. The number of hydrogen-bond acceptors (Lipinski definition) is 4. The van der Waals surface area contributed by atoms with Crippen molar-refractivity contribution in [1.29, 1.82) is 0 Å². The van der Waals surface area contributed by atoms with Gasteiger partial charge in [-0.1, -0.05) is 58.7 Å². The van der Waals surface area contributed by atoms with Crippen LogP contribution in [-0.4, -0.2) is 27.1 Å². The molecule has 2 amide bonds. The third-order valence-electron chi connectivity index (χ3n) is 3.29. The van der Waals surface area contributed by atoms with E-state index in [1.165, 1.54) is 0 Å². The van der Waals surface area contributed by atoms with Crippen LogP contribution in [-0.2, 0) is 9.16 Å². The molecule has 7 heteroatoms. The van der Waals surface area contributed by atoms with E-state index in [1.807, 2.05) is 6.92 Å². The zero-order valence-corrected chi connectivity index (χ0v) is 17.3. The van der Waals surface area contributed by atoms with E-state index in [0.29, 0.717) is 24.2 Å². The fourth-order valence-corrected chi connectivity index (χ4v) is 8.74. The minimum absolute atomic E-state index is 0.264. The summed E-state index contributed by atoms with van der Waals surface area (Å²) < 4.78 is 10.6. The molecule has 0 fully saturated rings. The van der Waals surface area contributed by atoms with Crippen LogP contribution in [0.4, 0.5) is 9.59 Å². The molecule has 140 valence electrons. The average Bonchev–Trinajstić information content (AvgIpc) is 2.39. The van der Waals surface area contributed by atoms with E-state index in [2.05, 4.69) is 51.8 Å². The standard InChI is InChI=1S/C17H34N2O4Si/c1-8-9-22-16(20)18-19-17(21)23-24(10-13(2)3,11-14(4)5)12-15(6)7/h13-15H,8-12H2,1-7H3. The number of azo groups is 1. The van der Waals surface area contributed by atoms with Crippen LogP contribution in [0.15, 0.2) is 10.2 Å². The summed E-state index contributed by atoms with van der Waals surface area (Å²) in [7, 11) is -2.30. The summed E-state index contributed by atoms with van der Waals surface area (Å²) in [5, 5.41) is 6.70. The van der Waals surface area contributed by atoms with Crippen molar-refractivity contribution in [3.05, 3.63) is 0 Å². The Morgan fingerprint density at radius 1 is 0.833 bits per heavy atom. The first kappa shape index (κ1) is 22.8. The van der Waals surface area contributed by atoms with Gasteiger partial charge >= 0.3 is 12.2 Å². The van der Waals surface area contributed by atoms with Gasteiger partial charge < -0.3 is 9.16 Å². The first-order valence-corrected chi connectivity index (χ1v) is 11.4. The smallest absolute Gasteiger partial charge is 0.452 e. The number of carbonyl (C=O) groups excluding carboxylic acids is 2. The number of nitrogens with zero attached hydrogens (tertiary/aromatic N) is 2. The molecule has 0 spiro atoms. The quantitative estimate of drug-likeness (QED) is 0.372. The maximum atomic E-state index is 12.1. The minimum Gasteiger partial charge on any atom is -0.501 e. The highest BCUT2D eigenvalue weighted by molar-refractivity contribution is 6.75. The van der Waals surface area contributed by atoms with Gasteiger partial charge in [-0.25, -0.2) is 9.59 Å². The summed E-state index contributed by atoms with van der Waals surface area (Å²) in [6.07, 6.45) is -0.923. The monoisotopic (exact) mass is 358 g/mol. The predicted octanol–water partition coefficient (Wildman–Crippen LogP) is 6.04. The molecule has 0 aliphatic rings. The molecule has 0 radical (unpaired) electrons. The van der Waals surface area contributed by atoms with Gasteiger partial charge in [-0.3, -0.25) is 0 Å². The first-order chi connectivity index (χ1) is 11.1. The summed E-state index contributed by atoms with van der Waals surface area (Å²) in [5.41, 5.74) is 0. The van der Waals surface area contributed by atoms with Crippen LogP contribution >= 0.6 is 0 Å². The van der Waals surface area contributed by atoms with Crippen molar-refractivity contribution in [3.63, 3.8) is 0 Å². The van der Waals surface area contributed by atoms with Crippen molar-refractivity contribution in [2.75, 3.05) is 6.61 Å². The van der Waals surface area contributed by atoms with Crippen LogP contribution in [0.25, 0.3) is 0 Å². The first-order valence-electron chi connectivity index (χ1n) is 8.91. The van der Waals surface area contributed by atoms with Crippen molar-refractivity contribution < 1.29 is 18.8 Å². The highest BCUT2D eigenvalue weighted by Crippen LogP contribution is 2.33. The predicted molar refractivity (Wildman–Crippen MR) is 97.7 cm³/mol. The maximum absolute atomic E-state index is 12.1. The molecule has 0 N–H and O–H groups in total. The van der Waals surface area contributed by atoms with Crippen molar-refractivity contribution in [3.8, 4) is 0 Å². The normalized spacial score (nSPS) is 12.4. The van der Waals surface area contributed by atoms with Crippen LogP contribution in [0.1, 0.15) is 54.9 Å². The van der Waals surface area contributed by atoms with Crippen LogP contribution in [0.5, 0.6) is 0 Å². The Balaban J connectivity index is 5.09. The third kappa shape index (κ3) is 10.5. The van der Waals surface area contributed by atoms with Gasteiger partial charge in [0.25, 0.3) is 8.32 Å².